The van der Waals surface area contributed by atoms with Gasteiger partial charge in [-0.3, -0.25) is 0 Å². The number of nitriles is 1. The van der Waals surface area contributed by atoms with E-state index in [1.165, 1.54) is 11.9 Å². The van der Waals surface area contributed by atoms with Crippen LogP contribution < -0.4 is 5.32 Å². The molecule has 0 aliphatic rings. The monoisotopic (exact) mass is 302 g/mol. The molecule has 1 aromatic heterocycles. The van der Waals surface area contributed by atoms with E-state index in [-0.39, 0.29) is 0 Å². The summed E-state index contributed by atoms with van der Waals surface area (Å²) in [7, 11) is 0. The van der Waals surface area contributed by atoms with Crippen molar-refractivity contribution in [2.24, 2.45) is 0 Å². The van der Waals surface area contributed by atoms with Crippen LogP contribution in [0.15, 0.2) is 41.1 Å². The van der Waals surface area contributed by atoms with Gasteiger partial charge in [0.25, 0.3) is 0 Å². The Morgan fingerprint density at radius 3 is 2.89 bits per heavy atom. The van der Waals surface area contributed by atoms with Gasteiger partial charge in [-0.2, -0.15) is 5.26 Å². The van der Waals surface area contributed by atoms with E-state index in [0.717, 1.165) is 17.4 Å². The normalized spacial score (nSPS) is 9.78. The smallest absolute Gasteiger partial charge is 0.145 e. The summed E-state index contributed by atoms with van der Waals surface area (Å²) in [5.74, 6) is 0.675. The number of hydrogen-bond acceptors (Lipinski definition) is 4. The van der Waals surface area contributed by atoms with Crippen molar-refractivity contribution in [3.63, 3.8) is 0 Å². The molecule has 18 heavy (non-hydrogen) atoms. The van der Waals surface area contributed by atoms with Crippen LogP contribution in [0.25, 0.3) is 0 Å². The van der Waals surface area contributed by atoms with Gasteiger partial charge in [0.05, 0.1) is 0 Å². The molecule has 0 saturated heterocycles. The minimum Gasteiger partial charge on any atom is -0.370 e. The van der Waals surface area contributed by atoms with Gasteiger partial charge < -0.3 is 5.32 Å². The predicted octanol–water partition coefficient (Wildman–Crippen LogP) is 2.77. The second kappa shape index (κ2) is 6.12. The van der Waals surface area contributed by atoms with Crippen molar-refractivity contribution in [2.75, 3.05) is 11.9 Å². The molecular weight excluding hydrogens is 292 g/mol. The second-order valence-corrected chi connectivity index (χ2v) is 4.52. The molecule has 0 bridgehead atoms. The largest absolute Gasteiger partial charge is 0.370 e. The molecule has 90 valence electrons. The van der Waals surface area contributed by atoms with Gasteiger partial charge in [-0.15, -0.1) is 0 Å². The Morgan fingerprint density at radius 1 is 1.28 bits per heavy atom. The maximum absolute atomic E-state index is 8.73. The Hall–Kier alpha value is -1.93. The van der Waals surface area contributed by atoms with Crippen molar-refractivity contribution < 1.29 is 0 Å². The summed E-state index contributed by atoms with van der Waals surface area (Å²) in [6.45, 7) is 0.754. The number of rotatable bonds is 4. The number of nitrogens with zero attached hydrogens (tertiary/aromatic N) is 3. The van der Waals surface area contributed by atoms with Crippen LogP contribution in [0.4, 0.5) is 5.82 Å². The lowest BCUT2D eigenvalue weighted by Gasteiger charge is -2.06. The highest BCUT2D eigenvalue weighted by Gasteiger charge is 2.00. The number of halogens is 1. The molecule has 0 fully saturated rings. The molecule has 0 aliphatic heterocycles. The van der Waals surface area contributed by atoms with E-state index < -0.39 is 0 Å². The first-order chi connectivity index (χ1) is 8.79. The fourth-order valence-corrected chi connectivity index (χ4v) is 2.02. The highest BCUT2D eigenvalue weighted by Crippen LogP contribution is 2.16. The number of hydrogen-bond donors (Lipinski definition) is 1. The summed E-state index contributed by atoms with van der Waals surface area (Å²) in [5.41, 5.74) is 1.60. The summed E-state index contributed by atoms with van der Waals surface area (Å²) in [6.07, 6.45) is 2.27. The first-order valence-corrected chi connectivity index (χ1v) is 6.28. The van der Waals surface area contributed by atoms with E-state index in [0.29, 0.717) is 11.5 Å². The van der Waals surface area contributed by atoms with E-state index in [2.05, 4.69) is 37.3 Å². The van der Waals surface area contributed by atoms with E-state index in [1.54, 1.807) is 6.07 Å². The Balaban J connectivity index is 1.93. The van der Waals surface area contributed by atoms with E-state index in [9.17, 15) is 0 Å². The van der Waals surface area contributed by atoms with E-state index in [1.807, 2.05) is 24.3 Å². The van der Waals surface area contributed by atoms with Crippen molar-refractivity contribution in [2.45, 2.75) is 6.42 Å². The Bertz CT molecular complexity index is 577. The SMILES string of the molecule is N#Cc1cc(NCCc2ccccc2Br)ncn1. The molecule has 5 heteroatoms. The van der Waals surface area contributed by atoms with E-state index >= 15 is 0 Å². The Labute approximate surface area is 114 Å². The molecule has 1 heterocycles. The minimum atomic E-state index is 0.369. The third kappa shape index (κ3) is 3.28. The number of anilines is 1. The molecule has 0 amide bonds. The van der Waals surface area contributed by atoms with Gasteiger partial charge in [-0.1, -0.05) is 34.1 Å². The lowest BCUT2D eigenvalue weighted by atomic mass is 10.1. The summed E-state index contributed by atoms with van der Waals surface area (Å²) in [4.78, 5) is 7.87. The van der Waals surface area contributed by atoms with Crippen LogP contribution in [-0.2, 0) is 6.42 Å². The van der Waals surface area contributed by atoms with Gasteiger partial charge in [0.2, 0.25) is 0 Å². The molecule has 2 aromatic rings. The molecular formula is C13H11BrN4. The van der Waals surface area contributed by atoms with Crippen LogP contribution in [-0.4, -0.2) is 16.5 Å². The van der Waals surface area contributed by atoms with Crippen molar-refractivity contribution in [3.05, 3.63) is 52.4 Å². The number of nitrogens with one attached hydrogen (secondary N) is 1. The Morgan fingerprint density at radius 2 is 2.11 bits per heavy atom. The van der Waals surface area contributed by atoms with Gasteiger partial charge in [-0.05, 0) is 18.1 Å². The molecule has 4 nitrogen and oxygen atoms in total. The summed E-state index contributed by atoms with van der Waals surface area (Å²) in [5, 5.41) is 11.9. The Kier molecular flexibility index (Phi) is 4.26. The highest BCUT2D eigenvalue weighted by molar-refractivity contribution is 9.10. The second-order valence-electron chi connectivity index (χ2n) is 3.67. The lowest BCUT2D eigenvalue weighted by Crippen LogP contribution is -2.07. The van der Waals surface area contributed by atoms with Gasteiger partial charge in [-0.25, -0.2) is 9.97 Å². The molecule has 0 radical (unpaired) electrons. The van der Waals surface area contributed by atoms with Crippen molar-refractivity contribution in [1.82, 2.24) is 9.97 Å². The molecule has 0 atom stereocenters. The van der Waals surface area contributed by atoms with Gasteiger partial charge in [0.15, 0.2) is 0 Å². The fraction of sp³-hybridized carbons (Fsp3) is 0.154. The van der Waals surface area contributed by atoms with Gasteiger partial charge in [0.1, 0.15) is 23.9 Å². The highest BCUT2D eigenvalue weighted by atomic mass is 79.9. The zero-order valence-electron chi connectivity index (χ0n) is 9.60. The average Bonchev–Trinajstić information content (AvgIpc) is 2.41. The molecule has 1 N–H and O–H groups in total. The van der Waals surface area contributed by atoms with Crippen LogP contribution in [0.2, 0.25) is 0 Å². The quantitative estimate of drug-likeness (QED) is 0.943. The van der Waals surface area contributed by atoms with Crippen LogP contribution in [0.3, 0.4) is 0 Å². The molecule has 0 saturated carbocycles. The topological polar surface area (TPSA) is 61.6 Å². The number of benzene rings is 1. The third-order valence-electron chi connectivity index (χ3n) is 2.44. The zero-order valence-corrected chi connectivity index (χ0v) is 11.2. The average molecular weight is 303 g/mol. The number of aromatic nitrogens is 2. The van der Waals surface area contributed by atoms with Crippen LogP contribution in [0.1, 0.15) is 11.3 Å². The standard InChI is InChI=1S/C13H11BrN4/c14-12-4-2-1-3-10(12)5-6-16-13-7-11(8-15)17-9-18-13/h1-4,7,9H,5-6H2,(H,16,17,18). The summed E-state index contributed by atoms with van der Waals surface area (Å²) in [6, 6.07) is 11.7. The molecule has 0 spiro atoms. The van der Waals surface area contributed by atoms with Crippen LogP contribution in [0.5, 0.6) is 0 Å². The molecule has 0 aliphatic carbocycles. The van der Waals surface area contributed by atoms with Crippen molar-refractivity contribution in [3.8, 4) is 6.07 Å². The summed E-state index contributed by atoms with van der Waals surface area (Å²) < 4.78 is 1.10. The van der Waals surface area contributed by atoms with E-state index in [4.69, 9.17) is 5.26 Å². The first kappa shape index (κ1) is 12.5. The maximum atomic E-state index is 8.73. The van der Waals surface area contributed by atoms with Crippen molar-refractivity contribution >= 4 is 21.7 Å². The molecule has 2 rings (SSSR count). The predicted molar refractivity (Wildman–Crippen MR) is 73.1 cm³/mol. The fourth-order valence-electron chi connectivity index (χ4n) is 1.54. The lowest BCUT2D eigenvalue weighted by molar-refractivity contribution is 0.992. The van der Waals surface area contributed by atoms with Crippen LogP contribution >= 0.6 is 15.9 Å². The zero-order chi connectivity index (χ0) is 12.8. The van der Waals surface area contributed by atoms with Gasteiger partial charge in [0, 0.05) is 17.1 Å². The first-order valence-electron chi connectivity index (χ1n) is 5.49. The minimum absolute atomic E-state index is 0.369. The van der Waals surface area contributed by atoms with Crippen LogP contribution in [0, 0.1) is 11.3 Å². The molecule has 0 unspecified atom stereocenters. The van der Waals surface area contributed by atoms with Gasteiger partial charge >= 0.3 is 0 Å². The molecule has 1 aromatic carbocycles. The van der Waals surface area contributed by atoms with Crippen molar-refractivity contribution in [1.29, 1.82) is 5.26 Å². The summed E-state index contributed by atoms with van der Waals surface area (Å²) >= 11 is 3.51. The third-order valence-corrected chi connectivity index (χ3v) is 3.21. The maximum Gasteiger partial charge on any atom is 0.145 e.